The molecule has 0 amide bonds. The molecular formula is C18H18O6. The molecule has 1 heterocycles. The molecule has 6 nitrogen and oxygen atoms in total. The van der Waals surface area contributed by atoms with Gasteiger partial charge in [0.15, 0.2) is 12.4 Å². The second-order valence-electron chi connectivity index (χ2n) is 6.68. The van der Waals surface area contributed by atoms with Crippen molar-refractivity contribution in [1.82, 2.24) is 0 Å². The molecule has 1 aliphatic heterocycles. The van der Waals surface area contributed by atoms with E-state index < -0.39 is 11.9 Å². The van der Waals surface area contributed by atoms with Crippen molar-refractivity contribution in [2.75, 3.05) is 13.7 Å². The lowest BCUT2D eigenvalue weighted by Gasteiger charge is -2.22. The molecule has 0 radical (unpaired) electrons. The van der Waals surface area contributed by atoms with Crippen LogP contribution in [-0.2, 0) is 19.1 Å². The smallest absolute Gasteiger partial charge is 0.310 e. The third-order valence-corrected chi connectivity index (χ3v) is 5.51. The number of carbonyl (C=O) groups excluding carboxylic acids is 3. The molecule has 0 N–H and O–H groups in total. The van der Waals surface area contributed by atoms with Crippen molar-refractivity contribution in [1.29, 1.82) is 0 Å². The summed E-state index contributed by atoms with van der Waals surface area (Å²) >= 11 is 0. The Morgan fingerprint density at radius 2 is 1.96 bits per heavy atom. The Kier molecular flexibility index (Phi) is 3.55. The van der Waals surface area contributed by atoms with Crippen LogP contribution in [0.15, 0.2) is 24.3 Å². The van der Waals surface area contributed by atoms with Crippen LogP contribution in [-0.4, -0.2) is 37.5 Å². The topological polar surface area (TPSA) is 78.9 Å². The summed E-state index contributed by atoms with van der Waals surface area (Å²) in [6, 6.07) is 6.62. The van der Waals surface area contributed by atoms with E-state index in [1.807, 2.05) is 0 Å². The molecular weight excluding hydrogens is 312 g/mol. The largest absolute Gasteiger partial charge is 0.497 e. The van der Waals surface area contributed by atoms with Crippen LogP contribution in [0.3, 0.4) is 0 Å². The van der Waals surface area contributed by atoms with Crippen LogP contribution in [0.25, 0.3) is 0 Å². The summed E-state index contributed by atoms with van der Waals surface area (Å²) in [6.45, 7) is -0.315. The molecule has 6 heteroatoms. The molecule has 0 unspecified atom stereocenters. The fourth-order valence-electron chi connectivity index (χ4n) is 4.42. The number of hydrogen-bond acceptors (Lipinski definition) is 6. The van der Waals surface area contributed by atoms with Gasteiger partial charge in [-0.2, -0.15) is 0 Å². The lowest BCUT2D eigenvalue weighted by molar-refractivity contribution is -0.154. The Bertz CT molecular complexity index is 692. The maximum atomic E-state index is 12.4. The first-order valence-corrected chi connectivity index (χ1v) is 8.13. The number of ketones is 1. The standard InChI is InChI=1S/C18H18O6/c1-22-11-4-2-9(3-5-11)13(19)8-23-17(20)15-10-6-12-14(7-10)24-18(21)16(12)15/h2-5,10,12,14-16H,6-8H2,1H3/t10-,12+,14-,15+,16+/m1/s1. The van der Waals surface area contributed by atoms with Gasteiger partial charge in [0, 0.05) is 11.5 Å². The minimum absolute atomic E-state index is 0.0162. The van der Waals surface area contributed by atoms with E-state index in [4.69, 9.17) is 14.2 Å². The average Bonchev–Trinajstić information content (AvgIpc) is 3.21. The number of ether oxygens (including phenoxy) is 3. The van der Waals surface area contributed by atoms with Gasteiger partial charge in [-0.25, -0.2) is 0 Å². The van der Waals surface area contributed by atoms with Crippen molar-refractivity contribution in [3.8, 4) is 5.75 Å². The molecule has 3 fully saturated rings. The number of esters is 2. The van der Waals surface area contributed by atoms with E-state index in [-0.39, 0.29) is 42.2 Å². The maximum absolute atomic E-state index is 12.4. The van der Waals surface area contributed by atoms with E-state index in [0.717, 1.165) is 12.8 Å². The molecule has 3 aliphatic rings. The lowest BCUT2D eigenvalue weighted by Crippen LogP contribution is -2.34. The third-order valence-electron chi connectivity index (χ3n) is 5.51. The summed E-state index contributed by atoms with van der Waals surface area (Å²) in [6.07, 6.45) is 1.56. The van der Waals surface area contributed by atoms with E-state index in [1.165, 1.54) is 0 Å². The monoisotopic (exact) mass is 330 g/mol. The first-order valence-electron chi connectivity index (χ1n) is 8.13. The SMILES string of the molecule is COc1ccc(C(=O)COC(=O)[C@H]2[C@@H]3C[C@@H]4[C@@H]2C(=O)O[C@@H]4C3)cc1. The predicted molar refractivity (Wildman–Crippen MR) is 81.4 cm³/mol. The molecule has 2 aliphatic carbocycles. The van der Waals surface area contributed by atoms with Crippen LogP contribution in [0.1, 0.15) is 23.2 Å². The van der Waals surface area contributed by atoms with Crippen molar-refractivity contribution >= 4 is 17.7 Å². The van der Waals surface area contributed by atoms with Crippen LogP contribution in [0.5, 0.6) is 5.75 Å². The number of benzene rings is 1. The van der Waals surface area contributed by atoms with Gasteiger partial charge in [0.1, 0.15) is 11.9 Å². The molecule has 2 bridgehead atoms. The number of Topliss-reactive ketones (excluding diaryl/α,β-unsaturated/α-hetero) is 1. The van der Waals surface area contributed by atoms with E-state index in [0.29, 0.717) is 11.3 Å². The van der Waals surface area contributed by atoms with Crippen LogP contribution in [0.2, 0.25) is 0 Å². The van der Waals surface area contributed by atoms with E-state index in [9.17, 15) is 14.4 Å². The molecule has 0 spiro atoms. The zero-order valence-electron chi connectivity index (χ0n) is 13.3. The van der Waals surface area contributed by atoms with Gasteiger partial charge < -0.3 is 14.2 Å². The molecule has 1 aromatic rings. The fraction of sp³-hybridized carbons (Fsp3) is 0.500. The average molecular weight is 330 g/mol. The maximum Gasteiger partial charge on any atom is 0.310 e. The van der Waals surface area contributed by atoms with E-state index in [1.54, 1.807) is 31.4 Å². The van der Waals surface area contributed by atoms with Crippen molar-refractivity contribution in [3.05, 3.63) is 29.8 Å². The van der Waals surface area contributed by atoms with E-state index >= 15 is 0 Å². The number of carbonyl (C=O) groups is 3. The Hall–Kier alpha value is -2.37. The molecule has 5 atom stereocenters. The Labute approximate surface area is 139 Å². The first kappa shape index (κ1) is 15.2. The van der Waals surface area contributed by atoms with Crippen molar-refractivity contribution in [2.24, 2.45) is 23.7 Å². The van der Waals surface area contributed by atoms with Gasteiger partial charge in [0.2, 0.25) is 0 Å². The highest BCUT2D eigenvalue weighted by atomic mass is 16.6. The molecule has 2 saturated carbocycles. The minimum atomic E-state index is -0.454. The fourth-order valence-corrected chi connectivity index (χ4v) is 4.42. The highest BCUT2D eigenvalue weighted by molar-refractivity contribution is 5.98. The van der Waals surface area contributed by atoms with Gasteiger partial charge in [0.05, 0.1) is 18.9 Å². The Balaban J connectivity index is 1.38. The van der Waals surface area contributed by atoms with Gasteiger partial charge in [-0.05, 0) is 43.0 Å². The third kappa shape index (κ3) is 2.28. The number of hydrogen-bond donors (Lipinski definition) is 0. The van der Waals surface area contributed by atoms with Crippen molar-refractivity contribution in [2.45, 2.75) is 18.9 Å². The van der Waals surface area contributed by atoms with Crippen LogP contribution in [0.4, 0.5) is 0 Å². The van der Waals surface area contributed by atoms with Crippen molar-refractivity contribution in [3.63, 3.8) is 0 Å². The van der Waals surface area contributed by atoms with Gasteiger partial charge in [0.25, 0.3) is 0 Å². The zero-order chi connectivity index (χ0) is 16.8. The highest BCUT2D eigenvalue weighted by Crippen LogP contribution is 2.57. The summed E-state index contributed by atoms with van der Waals surface area (Å²) in [5, 5.41) is 0. The number of methoxy groups -OCH3 is 1. The summed E-state index contributed by atoms with van der Waals surface area (Å²) in [4.78, 5) is 36.5. The van der Waals surface area contributed by atoms with Crippen LogP contribution >= 0.6 is 0 Å². The van der Waals surface area contributed by atoms with Crippen molar-refractivity contribution < 1.29 is 28.6 Å². The molecule has 1 aromatic carbocycles. The number of fused-ring (bicyclic) bond motifs is 1. The molecule has 1 saturated heterocycles. The van der Waals surface area contributed by atoms with Gasteiger partial charge in [-0.3, -0.25) is 14.4 Å². The molecule has 0 aromatic heterocycles. The highest BCUT2D eigenvalue weighted by Gasteiger charge is 2.64. The van der Waals surface area contributed by atoms with Gasteiger partial charge >= 0.3 is 11.9 Å². The minimum Gasteiger partial charge on any atom is -0.497 e. The van der Waals surface area contributed by atoms with E-state index in [2.05, 4.69) is 0 Å². The first-order chi connectivity index (χ1) is 11.6. The van der Waals surface area contributed by atoms with Crippen LogP contribution in [0, 0.1) is 23.7 Å². The molecule has 4 rings (SSSR count). The quantitative estimate of drug-likeness (QED) is 0.603. The summed E-state index contributed by atoms with van der Waals surface area (Å²) < 4.78 is 15.6. The number of rotatable bonds is 5. The van der Waals surface area contributed by atoms with Gasteiger partial charge in [-0.15, -0.1) is 0 Å². The predicted octanol–water partition coefficient (Wildman–Crippen LogP) is 1.62. The molecule has 126 valence electrons. The molecule has 24 heavy (non-hydrogen) atoms. The lowest BCUT2D eigenvalue weighted by atomic mass is 9.80. The Morgan fingerprint density at radius 1 is 1.21 bits per heavy atom. The summed E-state index contributed by atoms with van der Waals surface area (Å²) in [5.74, 6) is -0.902. The second-order valence-corrected chi connectivity index (χ2v) is 6.68. The summed E-state index contributed by atoms with van der Waals surface area (Å²) in [5.41, 5.74) is 0.455. The normalized spacial score (nSPS) is 32.5. The van der Waals surface area contributed by atoms with Crippen LogP contribution < -0.4 is 4.74 Å². The summed E-state index contributed by atoms with van der Waals surface area (Å²) in [7, 11) is 1.55. The second kappa shape index (κ2) is 5.61. The zero-order valence-corrected chi connectivity index (χ0v) is 13.3. The van der Waals surface area contributed by atoms with Gasteiger partial charge in [-0.1, -0.05) is 0 Å². The Morgan fingerprint density at radius 3 is 2.67 bits per heavy atom.